The minimum Gasteiger partial charge on any atom is -0.355 e. The molecule has 5 heteroatoms. The number of H-pyrrole nitrogens is 1. The number of aromatic nitrogens is 1. The quantitative estimate of drug-likeness (QED) is 0.715. The second-order valence-corrected chi connectivity index (χ2v) is 8.81. The monoisotopic (exact) mass is 401 g/mol. The topological polar surface area (TPSA) is 56.4 Å². The lowest BCUT2D eigenvalue weighted by Crippen LogP contribution is -2.59. The van der Waals surface area contributed by atoms with Crippen molar-refractivity contribution in [2.75, 3.05) is 18.0 Å². The van der Waals surface area contributed by atoms with Gasteiger partial charge in [-0.3, -0.25) is 9.59 Å². The molecular weight excluding hydrogens is 374 g/mol. The van der Waals surface area contributed by atoms with Crippen molar-refractivity contribution in [2.24, 2.45) is 5.92 Å². The van der Waals surface area contributed by atoms with Crippen LogP contribution in [0.1, 0.15) is 44.0 Å². The molecule has 0 saturated heterocycles. The highest BCUT2D eigenvalue weighted by Gasteiger charge is 2.60. The molecule has 2 aliphatic rings. The van der Waals surface area contributed by atoms with Crippen LogP contribution < -0.4 is 4.90 Å². The first-order chi connectivity index (χ1) is 14.5. The third kappa shape index (κ3) is 2.41. The minimum absolute atomic E-state index is 0.0212. The number of carbonyl (C=O) groups excluding carboxylic acids is 2. The number of nitrogens with zero attached hydrogens (tertiary/aromatic N) is 2. The van der Waals surface area contributed by atoms with Gasteiger partial charge >= 0.3 is 0 Å². The van der Waals surface area contributed by atoms with E-state index in [2.05, 4.69) is 24.9 Å². The fraction of sp³-hybridized carbons (Fsp3) is 0.360. The number of carbonyl (C=O) groups is 2. The fourth-order valence-corrected chi connectivity index (χ4v) is 5.24. The van der Waals surface area contributed by atoms with E-state index in [-0.39, 0.29) is 11.8 Å². The number of aromatic amines is 1. The van der Waals surface area contributed by atoms with E-state index in [4.69, 9.17) is 0 Å². The van der Waals surface area contributed by atoms with Crippen LogP contribution in [0.15, 0.2) is 48.5 Å². The molecule has 0 fully saturated rings. The summed E-state index contributed by atoms with van der Waals surface area (Å²) in [7, 11) is 0. The maximum Gasteiger partial charge on any atom is 0.263 e. The summed E-state index contributed by atoms with van der Waals surface area (Å²) in [6.07, 6.45) is 1.65. The molecular formula is C25H27N3O2. The van der Waals surface area contributed by atoms with Crippen molar-refractivity contribution in [1.82, 2.24) is 9.88 Å². The summed E-state index contributed by atoms with van der Waals surface area (Å²) >= 11 is 0. The Morgan fingerprint density at radius 3 is 2.63 bits per heavy atom. The minimum atomic E-state index is -1.12. The summed E-state index contributed by atoms with van der Waals surface area (Å²) < 4.78 is 0. The van der Waals surface area contributed by atoms with Gasteiger partial charge in [0.05, 0.1) is 11.4 Å². The molecule has 0 radical (unpaired) electrons. The van der Waals surface area contributed by atoms with E-state index >= 15 is 0 Å². The van der Waals surface area contributed by atoms with Crippen LogP contribution in [0.2, 0.25) is 0 Å². The molecule has 1 aromatic heterocycles. The van der Waals surface area contributed by atoms with Crippen molar-refractivity contribution in [1.29, 1.82) is 0 Å². The van der Waals surface area contributed by atoms with Crippen molar-refractivity contribution in [3.8, 4) is 0 Å². The number of rotatable bonds is 3. The molecule has 3 heterocycles. The SMILES string of the molecule is CC(=O)N1CCc2c([nH]c3ccccc23)[C@@]12C(=O)N(CCC(C)C)c1ccccc12. The molecule has 30 heavy (non-hydrogen) atoms. The number of hydrogen-bond donors (Lipinski definition) is 1. The Morgan fingerprint density at radius 1 is 1.13 bits per heavy atom. The lowest BCUT2D eigenvalue weighted by atomic mass is 9.80. The van der Waals surface area contributed by atoms with Crippen molar-refractivity contribution in [2.45, 2.75) is 39.2 Å². The summed E-state index contributed by atoms with van der Waals surface area (Å²) in [5, 5.41) is 1.14. The molecule has 3 aromatic rings. The molecule has 1 spiro atoms. The number of anilines is 1. The Balaban J connectivity index is 1.80. The summed E-state index contributed by atoms with van der Waals surface area (Å²) in [6.45, 7) is 7.09. The zero-order valence-electron chi connectivity index (χ0n) is 17.7. The Labute approximate surface area is 176 Å². The molecule has 2 aliphatic heterocycles. The van der Waals surface area contributed by atoms with Crippen LogP contribution in [0.25, 0.3) is 10.9 Å². The van der Waals surface area contributed by atoms with Crippen LogP contribution >= 0.6 is 0 Å². The largest absolute Gasteiger partial charge is 0.355 e. The van der Waals surface area contributed by atoms with Gasteiger partial charge in [-0.05, 0) is 36.5 Å². The van der Waals surface area contributed by atoms with Gasteiger partial charge in [0.1, 0.15) is 0 Å². The van der Waals surface area contributed by atoms with Crippen LogP contribution in [0.3, 0.4) is 0 Å². The first-order valence-corrected chi connectivity index (χ1v) is 10.8. The molecule has 0 bridgehead atoms. The van der Waals surface area contributed by atoms with Crippen molar-refractivity contribution in [3.63, 3.8) is 0 Å². The predicted molar refractivity (Wildman–Crippen MR) is 118 cm³/mol. The molecule has 154 valence electrons. The zero-order valence-corrected chi connectivity index (χ0v) is 17.7. The van der Waals surface area contributed by atoms with E-state index in [1.807, 2.05) is 47.4 Å². The number of fused-ring (bicyclic) bond motifs is 6. The molecule has 0 saturated carbocycles. The average Bonchev–Trinajstić information content (AvgIpc) is 3.22. The molecule has 1 atom stereocenters. The van der Waals surface area contributed by atoms with Crippen molar-refractivity contribution in [3.05, 3.63) is 65.4 Å². The normalized spacial score (nSPS) is 20.3. The summed E-state index contributed by atoms with van der Waals surface area (Å²) in [4.78, 5) is 34.3. The first-order valence-electron chi connectivity index (χ1n) is 10.8. The van der Waals surface area contributed by atoms with E-state index < -0.39 is 5.54 Å². The van der Waals surface area contributed by atoms with Gasteiger partial charge in [0, 0.05) is 36.5 Å². The van der Waals surface area contributed by atoms with Crippen molar-refractivity contribution < 1.29 is 9.59 Å². The molecule has 0 aliphatic carbocycles. The Hall–Kier alpha value is -3.08. The molecule has 2 aromatic carbocycles. The smallest absolute Gasteiger partial charge is 0.263 e. The van der Waals surface area contributed by atoms with Crippen LogP contribution in [-0.4, -0.2) is 34.8 Å². The third-order valence-corrected chi connectivity index (χ3v) is 6.62. The molecule has 1 N–H and O–H groups in total. The average molecular weight is 402 g/mol. The summed E-state index contributed by atoms with van der Waals surface area (Å²) in [6, 6.07) is 16.1. The van der Waals surface area contributed by atoms with E-state index in [9.17, 15) is 9.59 Å². The molecule has 0 unspecified atom stereocenters. The first kappa shape index (κ1) is 18.9. The number of para-hydroxylation sites is 2. The van der Waals surface area contributed by atoms with Gasteiger partial charge in [0.2, 0.25) is 5.91 Å². The summed E-state index contributed by atoms with van der Waals surface area (Å²) in [5.41, 5.74) is 3.72. The van der Waals surface area contributed by atoms with Gasteiger partial charge < -0.3 is 14.8 Å². The van der Waals surface area contributed by atoms with Crippen LogP contribution in [0, 0.1) is 5.92 Å². The van der Waals surface area contributed by atoms with Gasteiger partial charge in [-0.1, -0.05) is 50.2 Å². The second kappa shape index (κ2) is 6.73. The highest BCUT2D eigenvalue weighted by atomic mass is 16.2. The van der Waals surface area contributed by atoms with Gasteiger partial charge in [0.15, 0.2) is 5.54 Å². The van der Waals surface area contributed by atoms with E-state index in [0.29, 0.717) is 19.0 Å². The molecule has 5 rings (SSSR count). The fourth-order valence-electron chi connectivity index (χ4n) is 5.24. The van der Waals surface area contributed by atoms with Crippen molar-refractivity contribution >= 4 is 28.4 Å². The zero-order chi connectivity index (χ0) is 21.0. The standard InChI is InChI=1S/C25H27N3O2/c1-16(2)12-14-27-22-11-7-5-9-20(22)25(24(27)30)23-19(13-15-28(25)17(3)29)18-8-4-6-10-21(18)26-23/h4-11,16,26H,12-15H2,1-3H3/t25-/m0/s1. The highest BCUT2D eigenvalue weighted by molar-refractivity contribution is 6.12. The second-order valence-electron chi connectivity index (χ2n) is 8.81. The predicted octanol–water partition coefficient (Wildman–Crippen LogP) is 4.21. The molecule has 5 nitrogen and oxygen atoms in total. The van der Waals surface area contributed by atoms with Crippen LogP contribution in [0.4, 0.5) is 5.69 Å². The summed E-state index contributed by atoms with van der Waals surface area (Å²) in [5.74, 6) is 0.389. The number of benzene rings is 2. The van der Waals surface area contributed by atoms with Gasteiger partial charge in [-0.25, -0.2) is 0 Å². The maximum atomic E-state index is 14.2. The maximum absolute atomic E-state index is 14.2. The van der Waals surface area contributed by atoms with E-state index in [0.717, 1.165) is 46.3 Å². The van der Waals surface area contributed by atoms with Gasteiger partial charge in [-0.2, -0.15) is 0 Å². The number of nitrogens with one attached hydrogen (secondary N) is 1. The van der Waals surface area contributed by atoms with Gasteiger partial charge in [0.25, 0.3) is 5.91 Å². The molecule has 2 amide bonds. The lowest BCUT2D eigenvalue weighted by molar-refractivity contribution is -0.143. The van der Waals surface area contributed by atoms with Gasteiger partial charge in [-0.15, -0.1) is 0 Å². The number of amides is 2. The Bertz CT molecular complexity index is 1160. The Morgan fingerprint density at radius 2 is 1.87 bits per heavy atom. The van der Waals surface area contributed by atoms with Crippen LogP contribution in [0.5, 0.6) is 0 Å². The van der Waals surface area contributed by atoms with E-state index in [1.165, 1.54) is 0 Å². The number of hydrogen-bond acceptors (Lipinski definition) is 2. The lowest BCUT2D eigenvalue weighted by Gasteiger charge is -2.43. The Kier molecular flexibility index (Phi) is 4.24. The third-order valence-electron chi connectivity index (χ3n) is 6.62. The van der Waals surface area contributed by atoms with E-state index in [1.54, 1.807) is 11.8 Å². The van der Waals surface area contributed by atoms with Crippen LogP contribution in [-0.2, 0) is 21.5 Å². The highest BCUT2D eigenvalue weighted by Crippen LogP contribution is 2.52.